The van der Waals surface area contributed by atoms with Crippen molar-refractivity contribution in [2.24, 2.45) is 11.8 Å². The van der Waals surface area contributed by atoms with Crippen LogP contribution in [0.1, 0.15) is 53.4 Å². The summed E-state index contributed by atoms with van der Waals surface area (Å²) < 4.78 is 5.31. The van der Waals surface area contributed by atoms with Crippen LogP contribution in [0.25, 0.3) is 0 Å². The molecule has 1 saturated heterocycles. The third-order valence-corrected chi connectivity index (χ3v) is 3.23. The Labute approximate surface area is 106 Å². The molecule has 1 fully saturated rings. The third-order valence-electron chi connectivity index (χ3n) is 3.23. The first kappa shape index (κ1) is 14.3. The topological polar surface area (TPSA) is 29.5 Å². The number of amides is 1. The number of likely N-dealkylation sites (tertiary alicyclic amines) is 1. The second-order valence-electron chi connectivity index (χ2n) is 5.93. The highest BCUT2D eigenvalue weighted by atomic mass is 16.6. The molecule has 0 aromatic heterocycles. The third kappa shape index (κ3) is 4.97. The fraction of sp³-hybridized carbons (Fsp3) is 0.929. The molecule has 1 amide bonds. The first-order valence-corrected chi connectivity index (χ1v) is 6.94. The van der Waals surface area contributed by atoms with Gasteiger partial charge in [0.2, 0.25) is 0 Å². The van der Waals surface area contributed by atoms with Gasteiger partial charge in [-0.1, -0.05) is 27.7 Å². The Hall–Kier alpha value is -0.730. The molecule has 100 valence electrons. The van der Waals surface area contributed by atoms with Crippen LogP contribution >= 0.6 is 0 Å². The van der Waals surface area contributed by atoms with Crippen molar-refractivity contribution < 1.29 is 9.53 Å². The van der Waals surface area contributed by atoms with E-state index in [0.29, 0.717) is 24.5 Å². The van der Waals surface area contributed by atoms with E-state index in [4.69, 9.17) is 4.74 Å². The van der Waals surface area contributed by atoms with Crippen LogP contribution in [-0.2, 0) is 4.74 Å². The zero-order chi connectivity index (χ0) is 12.8. The van der Waals surface area contributed by atoms with E-state index in [1.807, 2.05) is 4.90 Å². The second-order valence-corrected chi connectivity index (χ2v) is 5.93. The Morgan fingerprint density at radius 1 is 1.29 bits per heavy atom. The molecule has 0 unspecified atom stereocenters. The van der Waals surface area contributed by atoms with E-state index in [0.717, 1.165) is 25.8 Å². The zero-order valence-corrected chi connectivity index (χ0v) is 11.7. The Morgan fingerprint density at radius 3 is 2.59 bits per heavy atom. The predicted molar refractivity (Wildman–Crippen MR) is 70.0 cm³/mol. The lowest BCUT2D eigenvalue weighted by Crippen LogP contribution is -2.36. The minimum atomic E-state index is -0.107. The summed E-state index contributed by atoms with van der Waals surface area (Å²) in [6.45, 7) is 10.00. The molecule has 1 aliphatic heterocycles. The summed E-state index contributed by atoms with van der Waals surface area (Å²) in [5.41, 5.74) is 0. The molecular formula is C14H27NO2. The second kappa shape index (κ2) is 6.87. The van der Waals surface area contributed by atoms with Gasteiger partial charge in [0.15, 0.2) is 0 Å². The Kier molecular flexibility index (Phi) is 5.79. The van der Waals surface area contributed by atoms with Crippen LogP contribution < -0.4 is 0 Å². The monoisotopic (exact) mass is 241 g/mol. The smallest absolute Gasteiger partial charge is 0.410 e. The molecule has 0 aliphatic carbocycles. The Balaban J connectivity index is 2.37. The van der Waals surface area contributed by atoms with E-state index < -0.39 is 0 Å². The van der Waals surface area contributed by atoms with Crippen LogP contribution in [0.3, 0.4) is 0 Å². The number of hydrogen-bond donors (Lipinski definition) is 0. The molecule has 1 heterocycles. The molecule has 1 atom stereocenters. The van der Waals surface area contributed by atoms with Crippen LogP contribution in [0.2, 0.25) is 0 Å². The van der Waals surface area contributed by atoms with E-state index in [1.165, 1.54) is 6.42 Å². The van der Waals surface area contributed by atoms with Crippen molar-refractivity contribution in [1.82, 2.24) is 4.90 Å². The lowest BCUT2D eigenvalue weighted by Gasteiger charge is -2.25. The van der Waals surface area contributed by atoms with E-state index in [-0.39, 0.29) is 6.09 Å². The summed E-state index contributed by atoms with van der Waals surface area (Å²) in [6, 6.07) is 0.414. The van der Waals surface area contributed by atoms with Crippen molar-refractivity contribution in [3.8, 4) is 0 Å². The van der Waals surface area contributed by atoms with E-state index in [2.05, 4.69) is 27.7 Å². The van der Waals surface area contributed by atoms with Crippen molar-refractivity contribution >= 4 is 6.09 Å². The van der Waals surface area contributed by atoms with Gasteiger partial charge < -0.3 is 9.64 Å². The van der Waals surface area contributed by atoms with Crippen LogP contribution in [0.4, 0.5) is 4.79 Å². The van der Waals surface area contributed by atoms with Gasteiger partial charge in [0.05, 0.1) is 6.61 Å². The van der Waals surface area contributed by atoms with Crippen molar-refractivity contribution in [1.29, 1.82) is 0 Å². The van der Waals surface area contributed by atoms with Gasteiger partial charge in [0, 0.05) is 12.6 Å². The SMILES string of the molecule is CC(C)CC[C@@H]1CCCN1C(=O)OCC(C)C. The average Bonchev–Trinajstić information content (AvgIpc) is 2.71. The molecule has 0 bridgehead atoms. The van der Waals surface area contributed by atoms with Gasteiger partial charge in [0.1, 0.15) is 0 Å². The number of carbonyl (C=O) groups excluding carboxylic acids is 1. The summed E-state index contributed by atoms with van der Waals surface area (Å²) in [5, 5.41) is 0. The van der Waals surface area contributed by atoms with Crippen LogP contribution in [0.15, 0.2) is 0 Å². The quantitative estimate of drug-likeness (QED) is 0.735. The molecule has 0 aromatic carbocycles. The van der Waals surface area contributed by atoms with Gasteiger partial charge >= 0.3 is 6.09 Å². The fourth-order valence-corrected chi connectivity index (χ4v) is 2.22. The summed E-state index contributed by atoms with van der Waals surface area (Å²) >= 11 is 0. The van der Waals surface area contributed by atoms with Gasteiger partial charge in [-0.3, -0.25) is 0 Å². The highest BCUT2D eigenvalue weighted by molar-refractivity contribution is 5.68. The first-order valence-electron chi connectivity index (χ1n) is 6.94. The fourth-order valence-electron chi connectivity index (χ4n) is 2.22. The van der Waals surface area contributed by atoms with Gasteiger partial charge in [-0.25, -0.2) is 4.79 Å². The number of rotatable bonds is 5. The standard InChI is InChI=1S/C14H27NO2/c1-11(2)7-8-13-6-5-9-15(13)14(16)17-10-12(3)4/h11-13H,5-10H2,1-4H3/t13-/m0/s1. The lowest BCUT2D eigenvalue weighted by atomic mass is 10.0. The van der Waals surface area contributed by atoms with Crippen molar-refractivity contribution in [2.45, 2.75) is 59.4 Å². The molecule has 3 heteroatoms. The van der Waals surface area contributed by atoms with Crippen LogP contribution in [0.5, 0.6) is 0 Å². The number of ether oxygens (including phenoxy) is 1. The minimum absolute atomic E-state index is 0.107. The molecule has 0 saturated carbocycles. The Bertz CT molecular complexity index is 238. The summed E-state index contributed by atoms with van der Waals surface area (Å²) in [7, 11) is 0. The predicted octanol–water partition coefficient (Wildman–Crippen LogP) is 3.68. The summed E-state index contributed by atoms with van der Waals surface area (Å²) in [4.78, 5) is 13.8. The molecule has 0 radical (unpaired) electrons. The highest BCUT2D eigenvalue weighted by Gasteiger charge is 2.29. The Morgan fingerprint density at radius 2 is 2.00 bits per heavy atom. The number of carbonyl (C=O) groups is 1. The van der Waals surface area contributed by atoms with E-state index >= 15 is 0 Å². The molecule has 1 rings (SSSR count). The first-order chi connectivity index (χ1) is 8.00. The zero-order valence-electron chi connectivity index (χ0n) is 11.7. The molecule has 17 heavy (non-hydrogen) atoms. The van der Waals surface area contributed by atoms with Crippen molar-refractivity contribution in [3.05, 3.63) is 0 Å². The maximum absolute atomic E-state index is 11.9. The van der Waals surface area contributed by atoms with Gasteiger partial charge in [-0.2, -0.15) is 0 Å². The maximum atomic E-state index is 11.9. The van der Waals surface area contributed by atoms with Crippen molar-refractivity contribution in [3.63, 3.8) is 0 Å². The number of nitrogens with zero attached hydrogens (tertiary/aromatic N) is 1. The summed E-state index contributed by atoms with van der Waals surface area (Å²) in [5.74, 6) is 1.12. The minimum Gasteiger partial charge on any atom is -0.449 e. The van der Waals surface area contributed by atoms with E-state index in [9.17, 15) is 4.79 Å². The summed E-state index contributed by atoms with van der Waals surface area (Å²) in [6.07, 6.45) is 4.47. The van der Waals surface area contributed by atoms with E-state index in [1.54, 1.807) is 0 Å². The van der Waals surface area contributed by atoms with Gasteiger partial charge in [0.25, 0.3) is 0 Å². The average molecular weight is 241 g/mol. The van der Waals surface area contributed by atoms with Crippen molar-refractivity contribution in [2.75, 3.05) is 13.2 Å². The van der Waals surface area contributed by atoms with Crippen LogP contribution in [-0.4, -0.2) is 30.2 Å². The normalized spacial score (nSPS) is 20.4. The maximum Gasteiger partial charge on any atom is 0.410 e. The van der Waals surface area contributed by atoms with Gasteiger partial charge in [-0.15, -0.1) is 0 Å². The van der Waals surface area contributed by atoms with Crippen LogP contribution in [0, 0.1) is 11.8 Å². The molecule has 0 spiro atoms. The van der Waals surface area contributed by atoms with Gasteiger partial charge in [-0.05, 0) is 37.5 Å². The lowest BCUT2D eigenvalue weighted by molar-refractivity contribution is 0.0861. The largest absolute Gasteiger partial charge is 0.449 e. The molecular weight excluding hydrogens is 214 g/mol. The molecule has 0 N–H and O–H groups in total. The number of hydrogen-bond acceptors (Lipinski definition) is 2. The highest BCUT2D eigenvalue weighted by Crippen LogP contribution is 2.23. The molecule has 1 aliphatic rings. The molecule has 0 aromatic rings. The molecule has 3 nitrogen and oxygen atoms in total.